The predicted octanol–water partition coefficient (Wildman–Crippen LogP) is 3.81. The van der Waals surface area contributed by atoms with Gasteiger partial charge < -0.3 is 19.9 Å². The summed E-state index contributed by atoms with van der Waals surface area (Å²) in [6.07, 6.45) is -0.698. The number of hydrogen-bond acceptors (Lipinski definition) is 8. The Bertz CT molecular complexity index is 784. The van der Waals surface area contributed by atoms with Gasteiger partial charge in [0.1, 0.15) is 25.1 Å². The van der Waals surface area contributed by atoms with Gasteiger partial charge in [0.15, 0.2) is 5.82 Å². The lowest BCUT2D eigenvalue weighted by Crippen LogP contribution is -2.48. The van der Waals surface area contributed by atoms with Gasteiger partial charge >= 0.3 is 0 Å². The van der Waals surface area contributed by atoms with Crippen LogP contribution in [0.5, 0.6) is 11.6 Å². The average Bonchev–Trinajstić information content (AvgIpc) is 2.69. The van der Waals surface area contributed by atoms with E-state index < -0.39 is 11.6 Å². The number of rotatable bonds is 11. The molecule has 158 valence electrons. The highest BCUT2D eigenvalue weighted by Gasteiger charge is 2.20. The van der Waals surface area contributed by atoms with Gasteiger partial charge in [0.2, 0.25) is 5.88 Å². The summed E-state index contributed by atoms with van der Waals surface area (Å²) in [7, 11) is 0. The number of benzene rings is 1. The van der Waals surface area contributed by atoms with Crippen molar-refractivity contribution in [1.82, 2.24) is 15.5 Å². The summed E-state index contributed by atoms with van der Waals surface area (Å²) in [6.45, 7) is 8.60. The number of ether oxygens (including phenoxy) is 2. The monoisotopic (exact) mass is 421 g/mol. The Hall–Kier alpha value is -2.29. The van der Waals surface area contributed by atoms with E-state index in [1.54, 1.807) is 24.3 Å². The number of azo groups is 1. The fraction of sp³-hybridized carbons (Fsp3) is 0.500. The van der Waals surface area contributed by atoms with Gasteiger partial charge in [-0.25, -0.2) is 0 Å². The Labute approximate surface area is 176 Å². The van der Waals surface area contributed by atoms with E-state index in [0.29, 0.717) is 35.6 Å². The molecule has 9 heteroatoms. The molecular weight excluding hydrogens is 394 g/mol. The molecule has 8 nitrogen and oxygen atoms in total. The standard InChI is InChI=1S/C20H28ClN5O3/c1-14(2)23-24-18-9-10-19(26-25-18)29-13-20(3,4)22-11-15(27)12-28-17-8-6-5-7-16(17)21/h5-10,14-15,22,27H,11-13H2,1-4H3. The van der Waals surface area contributed by atoms with E-state index in [1.165, 1.54) is 0 Å². The number of aliphatic hydroxyl groups is 1. The maximum absolute atomic E-state index is 10.2. The lowest BCUT2D eigenvalue weighted by atomic mass is 10.1. The van der Waals surface area contributed by atoms with Gasteiger partial charge in [-0.3, -0.25) is 0 Å². The zero-order chi connectivity index (χ0) is 21.3. The Morgan fingerprint density at radius 2 is 1.90 bits per heavy atom. The summed E-state index contributed by atoms with van der Waals surface area (Å²) in [6, 6.07) is 10.7. The molecular formula is C20H28ClN5O3. The predicted molar refractivity (Wildman–Crippen MR) is 112 cm³/mol. The Morgan fingerprint density at radius 3 is 2.55 bits per heavy atom. The summed E-state index contributed by atoms with van der Waals surface area (Å²) in [5, 5.41) is 29.9. The van der Waals surface area contributed by atoms with Crippen LogP contribution in [0.1, 0.15) is 27.7 Å². The number of para-hydroxylation sites is 1. The first-order valence-corrected chi connectivity index (χ1v) is 9.81. The van der Waals surface area contributed by atoms with Crippen molar-refractivity contribution in [3.05, 3.63) is 41.4 Å². The molecule has 0 bridgehead atoms. The molecule has 2 aromatic rings. The van der Waals surface area contributed by atoms with Crippen LogP contribution in [0.2, 0.25) is 5.02 Å². The minimum absolute atomic E-state index is 0.102. The van der Waals surface area contributed by atoms with Gasteiger partial charge in [-0.2, -0.15) is 5.11 Å². The molecule has 1 aromatic heterocycles. The lowest BCUT2D eigenvalue weighted by Gasteiger charge is -2.27. The maximum atomic E-state index is 10.2. The Morgan fingerprint density at radius 1 is 1.14 bits per heavy atom. The molecule has 1 unspecified atom stereocenters. The number of aliphatic hydroxyl groups excluding tert-OH is 1. The third kappa shape index (κ3) is 8.72. The lowest BCUT2D eigenvalue weighted by molar-refractivity contribution is 0.0923. The van der Waals surface area contributed by atoms with Crippen LogP contribution in [0.4, 0.5) is 5.82 Å². The first-order chi connectivity index (χ1) is 13.7. The second-order valence-electron chi connectivity index (χ2n) is 7.49. The minimum atomic E-state index is -0.698. The molecule has 29 heavy (non-hydrogen) atoms. The second-order valence-corrected chi connectivity index (χ2v) is 7.89. The number of nitrogens with one attached hydrogen (secondary N) is 1. The molecule has 2 N–H and O–H groups in total. The molecule has 0 amide bonds. The van der Waals surface area contributed by atoms with E-state index in [1.807, 2.05) is 39.8 Å². The van der Waals surface area contributed by atoms with Crippen LogP contribution >= 0.6 is 11.6 Å². The molecule has 0 aliphatic carbocycles. The Balaban J connectivity index is 1.74. The number of halogens is 1. The zero-order valence-corrected chi connectivity index (χ0v) is 17.9. The van der Waals surface area contributed by atoms with Crippen LogP contribution in [-0.4, -0.2) is 52.7 Å². The van der Waals surface area contributed by atoms with Crippen molar-refractivity contribution >= 4 is 17.4 Å². The smallest absolute Gasteiger partial charge is 0.233 e. The fourth-order valence-corrected chi connectivity index (χ4v) is 2.31. The Kier molecular flexibility index (Phi) is 8.75. The number of aromatic nitrogens is 2. The topological polar surface area (TPSA) is 101 Å². The zero-order valence-electron chi connectivity index (χ0n) is 17.2. The normalized spacial score (nSPS) is 13.1. The molecule has 0 aliphatic heterocycles. The van der Waals surface area contributed by atoms with Gasteiger partial charge in [0.05, 0.1) is 11.1 Å². The number of nitrogens with zero attached hydrogens (tertiary/aromatic N) is 4. The van der Waals surface area contributed by atoms with Crippen molar-refractivity contribution < 1.29 is 14.6 Å². The van der Waals surface area contributed by atoms with E-state index in [4.69, 9.17) is 21.1 Å². The van der Waals surface area contributed by atoms with Crippen molar-refractivity contribution in [3.8, 4) is 11.6 Å². The third-order valence-electron chi connectivity index (χ3n) is 3.68. The van der Waals surface area contributed by atoms with Gasteiger partial charge in [-0.1, -0.05) is 23.7 Å². The highest BCUT2D eigenvalue weighted by Crippen LogP contribution is 2.23. The first-order valence-electron chi connectivity index (χ1n) is 9.43. The largest absolute Gasteiger partial charge is 0.489 e. The van der Waals surface area contributed by atoms with Crippen LogP contribution in [0.15, 0.2) is 46.6 Å². The van der Waals surface area contributed by atoms with E-state index in [9.17, 15) is 5.11 Å². The second kappa shape index (κ2) is 11.0. The minimum Gasteiger partial charge on any atom is -0.489 e. The summed E-state index contributed by atoms with van der Waals surface area (Å²) < 4.78 is 11.2. The van der Waals surface area contributed by atoms with E-state index in [-0.39, 0.29) is 12.6 Å². The number of β-amino-alcohol motifs (C(OH)–C–C–N with tert-alkyl or cyclic N) is 1. The molecule has 2 rings (SSSR count). The third-order valence-corrected chi connectivity index (χ3v) is 3.99. The van der Waals surface area contributed by atoms with Gasteiger partial charge in [0, 0.05) is 18.2 Å². The van der Waals surface area contributed by atoms with Crippen LogP contribution in [0, 0.1) is 0 Å². The van der Waals surface area contributed by atoms with Crippen LogP contribution < -0.4 is 14.8 Å². The summed E-state index contributed by atoms with van der Waals surface area (Å²) in [4.78, 5) is 0. The first kappa shape index (κ1) is 23.0. The van der Waals surface area contributed by atoms with E-state index >= 15 is 0 Å². The fourth-order valence-electron chi connectivity index (χ4n) is 2.12. The summed E-state index contributed by atoms with van der Waals surface area (Å²) in [5.74, 6) is 1.38. The quantitative estimate of drug-likeness (QED) is 0.535. The van der Waals surface area contributed by atoms with Crippen molar-refractivity contribution in [1.29, 1.82) is 0 Å². The van der Waals surface area contributed by atoms with Gasteiger partial charge in [-0.05, 0) is 45.9 Å². The maximum Gasteiger partial charge on any atom is 0.233 e. The summed E-state index contributed by atoms with van der Waals surface area (Å²) >= 11 is 6.04. The molecule has 0 saturated carbocycles. The van der Waals surface area contributed by atoms with Crippen LogP contribution in [0.25, 0.3) is 0 Å². The van der Waals surface area contributed by atoms with Gasteiger partial charge in [0.25, 0.3) is 0 Å². The highest BCUT2D eigenvalue weighted by atomic mass is 35.5. The van der Waals surface area contributed by atoms with E-state index in [0.717, 1.165) is 0 Å². The molecule has 0 saturated heterocycles. The van der Waals surface area contributed by atoms with E-state index in [2.05, 4.69) is 25.7 Å². The molecule has 1 heterocycles. The van der Waals surface area contributed by atoms with Crippen LogP contribution in [-0.2, 0) is 0 Å². The summed E-state index contributed by atoms with van der Waals surface area (Å²) in [5.41, 5.74) is -0.400. The molecule has 0 aliphatic rings. The molecule has 1 atom stereocenters. The van der Waals surface area contributed by atoms with Crippen molar-refractivity contribution in [2.24, 2.45) is 10.2 Å². The number of hydrogen-bond donors (Lipinski definition) is 2. The average molecular weight is 422 g/mol. The van der Waals surface area contributed by atoms with Gasteiger partial charge in [-0.15, -0.1) is 15.3 Å². The van der Waals surface area contributed by atoms with Crippen molar-refractivity contribution in [2.45, 2.75) is 45.4 Å². The van der Waals surface area contributed by atoms with Crippen molar-refractivity contribution in [3.63, 3.8) is 0 Å². The molecule has 0 fully saturated rings. The van der Waals surface area contributed by atoms with Crippen LogP contribution in [0.3, 0.4) is 0 Å². The molecule has 0 spiro atoms. The van der Waals surface area contributed by atoms with Crippen molar-refractivity contribution in [2.75, 3.05) is 19.8 Å². The molecule has 0 radical (unpaired) electrons. The SMILES string of the molecule is CC(C)N=Nc1ccc(OCC(C)(C)NCC(O)COc2ccccc2Cl)nn1. The molecule has 1 aromatic carbocycles. The highest BCUT2D eigenvalue weighted by molar-refractivity contribution is 6.32.